The Bertz CT molecular complexity index is 601. The fourth-order valence-electron chi connectivity index (χ4n) is 1.62. The van der Waals surface area contributed by atoms with Crippen LogP contribution in [0.2, 0.25) is 5.02 Å². The molecule has 2 rings (SSSR count). The molecule has 0 saturated heterocycles. The smallest absolute Gasteiger partial charge is 0.315 e. The number of carbonyl (C=O) groups excluding carboxylic acids is 1. The highest BCUT2D eigenvalue weighted by atomic mass is 35.5. The Labute approximate surface area is 127 Å². The van der Waals surface area contributed by atoms with Crippen LogP contribution in [-0.4, -0.2) is 24.2 Å². The molecule has 0 bridgehead atoms. The van der Waals surface area contributed by atoms with Crippen LogP contribution < -0.4 is 15.4 Å². The summed E-state index contributed by atoms with van der Waals surface area (Å²) in [7, 11) is 0. The second-order valence-electron chi connectivity index (χ2n) is 4.25. The van der Waals surface area contributed by atoms with Crippen molar-refractivity contribution in [1.29, 1.82) is 0 Å². The monoisotopic (exact) mass is 309 g/mol. The minimum absolute atomic E-state index is 0.272. The van der Waals surface area contributed by atoms with Crippen LogP contribution in [-0.2, 0) is 6.54 Å². The molecule has 0 fully saturated rings. The number of halogens is 1. The van der Waals surface area contributed by atoms with Crippen molar-refractivity contribution < 1.29 is 13.9 Å². The van der Waals surface area contributed by atoms with Gasteiger partial charge in [0.25, 0.3) is 0 Å². The van der Waals surface area contributed by atoms with E-state index in [1.165, 1.54) is 0 Å². The van der Waals surface area contributed by atoms with Gasteiger partial charge in [-0.3, -0.25) is 0 Å². The van der Waals surface area contributed by atoms with Crippen molar-refractivity contribution in [2.45, 2.75) is 13.5 Å². The molecule has 112 valence electrons. The molecule has 0 unspecified atom stereocenters. The number of amides is 2. The number of urea groups is 1. The van der Waals surface area contributed by atoms with E-state index < -0.39 is 0 Å². The number of aryl methyl sites for hydroxylation is 1. The van der Waals surface area contributed by atoms with Gasteiger partial charge in [0.05, 0.1) is 12.8 Å². The summed E-state index contributed by atoms with van der Waals surface area (Å²) in [5.74, 6) is 1.15. The molecule has 2 heterocycles. The van der Waals surface area contributed by atoms with Crippen molar-refractivity contribution >= 4 is 17.6 Å². The summed E-state index contributed by atoms with van der Waals surface area (Å²) < 4.78 is 10.5. The van der Waals surface area contributed by atoms with Crippen LogP contribution in [0.25, 0.3) is 0 Å². The Morgan fingerprint density at radius 1 is 1.43 bits per heavy atom. The summed E-state index contributed by atoms with van der Waals surface area (Å²) in [6.07, 6.45) is 3.18. The maximum Gasteiger partial charge on any atom is 0.315 e. The molecule has 0 aromatic carbocycles. The van der Waals surface area contributed by atoms with Crippen LogP contribution in [0.5, 0.6) is 5.88 Å². The molecule has 0 radical (unpaired) electrons. The Balaban J connectivity index is 1.63. The first-order chi connectivity index (χ1) is 10.2. The molecular weight excluding hydrogens is 294 g/mol. The fraction of sp³-hybridized carbons (Fsp3) is 0.286. The molecule has 21 heavy (non-hydrogen) atoms. The fourth-order valence-corrected chi connectivity index (χ4v) is 1.80. The minimum atomic E-state index is -0.272. The van der Waals surface area contributed by atoms with Gasteiger partial charge >= 0.3 is 6.03 Å². The van der Waals surface area contributed by atoms with Crippen molar-refractivity contribution in [2.75, 3.05) is 13.2 Å². The highest BCUT2D eigenvalue weighted by molar-refractivity contribution is 6.31. The van der Waals surface area contributed by atoms with Gasteiger partial charge in [0.15, 0.2) is 0 Å². The Hall–Kier alpha value is -2.21. The zero-order valence-corrected chi connectivity index (χ0v) is 12.3. The number of rotatable bonds is 6. The van der Waals surface area contributed by atoms with Crippen LogP contribution in [0.15, 0.2) is 35.1 Å². The molecule has 2 aromatic heterocycles. The number of hydrogen-bond acceptors (Lipinski definition) is 4. The summed E-state index contributed by atoms with van der Waals surface area (Å²) in [5.41, 5.74) is 0.946. The third kappa shape index (κ3) is 4.68. The highest BCUT2D eigenvalue weighted by Gasteiger charge is 2.05. The first kappa shape index (κ1) is 15.2. The lowest BCUT2D eigenvalue weighted by atomic mass is 10.2. The van der Waals surface area contributed by atoms with Crippen molar-refractivity contribution in [1.82, 2.24) is 15.6 Å². The molecule has 0 atom stereocenters. The molecule has 6 nitrogen and oxygen atoms in total. The van der Waals surface area contributed by atoms with E-state index in [1.54, 1.807) is 24.6 Å². The number of ether oxygens (including phenoxy) is 1. The molecule has 0 saturated carbocycles. The molecule has 0 spiro atoms. The van der Waals surface area contributed by atoms with Crippen molar-refractivity contribution in [3.8, 4) is 5.88 Å². The molecular formula is C14H16ClN3O3. The van der Waals surface area contributed by atoms with E-state index in [4.69, 9.17) is 20.8 Å². The first-order valence-electron chi connectivity index (χ1n) is 6.45. The predicted octanol–water partition coefficient (Wildman–Crippen LogP) is 2.51. The summed E-state index contributed by atoms with van der Waals surface area (Å²) in [5, 5.41) is 5.85. The van der Waals surface area contributed by atoms with Crippen LogP contribution in [0, 0.1) is 6.92 Å². The second kappa shape index (κ2) is 7.54. The highest BCUT2D eigenvalue weighted by Crippen LogP contribution is 2.19. The zero-order valence-electron chi connectivity index (χ0n) is 11.6. The quantitative estimate of drug-likeness (QED) is 0.804. The van der Waals surface area contributed by atoms with Crippen LogP contribution in [0.3, 0.4) is 0 Å². The SMILES string of the molecule is Cc1occc1CNC(=O)NCCOc1ncccc1Cl. The third-order valence-corrected chi connectivity index (χ3v) is 3.04. The average Bonchev–Trinajstić information content (AvgIpc) is 2.88. The van der Waals surface area contributed by atoms with Gasteiger partial charge in [-0.25, -0.2) is 9.78 Å². The molecule has 7 heteroatoms. The maximum atomic E-state index is 11.6. The molecule has 2 N–H and O–H groups in total. The van der Waals surface area contributed by atoms with Gasteiger partial charge in [0.1, 0.15) is 17.4 Å². The lowest BCUT2D eigenvalue weighted by molar-refractivity contribution is 0.235. The maximum absolute atomic E-state index is 11.6. The number of aromatic nitrogens is 1. The van der Waals surface area contributed by atoms with Gasteiger partial charge in [-0.2, -0.15) is 0 Å². The van der Waals surface area contributed by atoms with Gasteiger partial charge in [-0.1, -0.05) is 11.6 Å². The standard InChI is InChI=1S/C14H16ClN3O3/c1-10-11(4-7-20-10)9-18-14(19)17-6-8-21-13-12(15)3-2-5-16-13/h2-5,7H,6,8-9H2,1H3,(H2,17,18,19). The van der Waals surface area contributed by atoms with E-state index >= 15 is 0 Å². The molecule has 0 aliphatic carbocycles. The Morgan fingerprint density at radius 2 is 2.29 bits per heavy atom. The average molecular weight is 310 g/mol. The molecule has 2 amide bonds. The lowest BCUT2D eigenvalue weighted by Gasteiger charge is -2.09. The number of carbonyl (C=O) groups is 1. The molecule has 0 aliphatic rings. The van der Waals surface area contributed by atoms with Gasteiger partial charge in [-0.15, -0.1) is 0 Å². The minimum Gasteiger partial charge on any atom is -0.475 e. The van der Waals surface area contributed by atoms with E-state index in [2.05, 4.69) is 15.6 Å². The number of hydrogen-bond donors (Lipinski definition) is 2. The lowest BCUT2D eigenvalue weighted by Crippen LogP contribution is -2.37. The summed E-state index contributed by atoms with van der Waals surface area (Å²) >= 11 is 5.89. The van der Waals surface area contributed by atoms with Gasteiger partial charge in [0, 0.05) is 18.3 Å². The van der Waals surface area contributed by atoms with E-state index in [0.717, 1.165) is 11.3 Å². The van der Waals surface area contributed by atoms with Crippen molar-refractivity contribution in [3.63, 3.8) is 0 Å². The third-order valence-electron chi connectivity index (χ3n) is 2.76. The van der Waals surface area contributed by atoms with Gasteiger partial charge in [0.2, 0.25) is 5.88 Å². The Kier molecular flexibility index (Phi) is 5.45. The van der Waals surface area contributed by atoms with E-state index in [-0.39, 0.29) is 12.6 Å². The van der Waals surface area contributed by atoms with Gasteiger partial charge < -0.3 is 19.8 Å². The number of furan rings is 1. The number of pyridine rings is 1. The van der Waals surface area contributed by atoms with Crippen LogP contribution >= 0.6 is 11.6 Å². The summed E-state index contributed by atoms with van der Waals surface area (Å²) in [6, 6.07) is 4.96. The summed E-state index contributed by atoms with van der Waals surface area (Å²) in [6.45, 7) is 2.90. The Morgan fingerprint density at radius 3 is 3.00 bits per heavy atom. The van der Waals surface area contributed by atoms with Crippen molar-refractivity contribution in [2.24, 2.45) is 0 Å². The van der Waals surface area contributed by atoms with Crippen LogP contribution in [0.4, 0.5) is 4.79 Å². The van der Waals surface area contributed by atoms with Gasteiger partial charge in [-0.05, 0) is 25.1 Å². The number of nitrogens with one attached hydrogen (secondary N) is 2. The van der Waals surface area contributed by atoms with Crippen LogP contribution in [0.1, 0.15) is 11.3 Å². The number of nitrogens with zero attached hydrogens (tertiary/aromatic N) is 1. The van der Waals surface area contributed by atoms with E-state index in [0.29, 0.717) is 24.0 Å². The largest absolute Gasteiger partial charge is 0.475 e. The normalized spacial score (nSPS) is 10.2. The molecule has 2 aromatic rings. The van der Waals surface area contributed by atoms with E-state index in [9.17, 15) is 4.79 Å². The molecule has 0 aliphatic heterocycles. The topological polar surface area (TPSA) is 76.4 Å². The predicted molar refractivity (Wildman–Crippen MR) is 78.4 cm³/mol. The second-order valence-corrected chi connectivity index (χ2v) is 4.66. The first-order valence-corrected chi connectivity index (χ1v) is 6.82. The van der Waals surface area contributed by atoms with Crippen molar-refractivity contribution in [3.05, 3.63) is 47.0 Å². The van der Waals surface area contributed by atoms with E-state index in [1.807, 2.05) is 13.0 Å². The summed E-state index contributed by atoms with van der Waals surface area (Å²) in [4.78, 5) is 15.6. The zero-order chi connectivity index (χ0) is 15.1.